The van der Waals surface area contributed by atoms with E-state index < -0.39 is 5.54 Å². The molecule has 0 N–H and O–H groups in total. The predicted octanol–water partition coefficient (Wildman–Crippen LogP) is 5.20. The van der Waals surface area contributed by atoms with Crippen molar-refractivity contribution in [2.24, 2.45) is 0 Å². The van der Waals surface area contributed by atoms with Gasteiger partial charge in [-0.05, 0) is 30.5 Å². The molecule has 0 spiro atoms. The Kier molecular flexibility index (Phi) is 4.76. The van der Waals surface area contributed by atoms with Crippen LogP contribution in [-0.2, 0) is 5.54 Å². The number of imidazole rings is 1. The van der Waals surface area contributed by atoms with Gasteiger partial charge >= 0.3 is 0 Å². The third-order valence-corrected chi connectivity index (χ3v) is 4.35. The van der Waals surface area contributed by atoms with E-state index in [1.807, 2.05) is 18.7 Å². The minimum absolute atomic E-state index is 0.444. The van der Waals surface area contributed by atoms with Crippen LogP contribution < -0.4 is 0 Å². The lowest BCUT2D eigenvalue weighted by molar-refractivity contribution is 0.512. The summed E-state index contributed by atoms with van der Waals surface area (Å²) < 4.78 is 2.19. The maximum Gasteiger partial charge on any atom is 0.121 e. The van der Waals surface area contributed by atoms with Gasteiger partial charge in [0.05, 0.1) is 6.33 Å². The van der Waals surface area contributed by atoms with E-state index in [2.05, 4.69) is 102 Å². The Morgan fingerprint density at radius 2 is 1.50 bits per heavy atom. The van der Waals surface area contributed by atoms with Crippen LogP contribution in [0.3, 0.4) is 0 Å². The summed E-state index contributed by atoms with van der Waals surface area (Å²) in [5.41, 5.74) is 3.18. The number of allylic oxidation sites excluding steroid dienone is 4. The van der Waals surface area contributed by atoms with Crippen molar-refractivity contribution in [1.29, 1.82) is 0 Å². The number of hydrogen-bond donors (Lipinski definition) is 0. The average Bonchev–Trinajstić information content (AvgIpc) is 3.18. The lowest BCUT2D eigenvalue weighted by Crippen LogP contribution is -2.37. The molecule has 0 unspecified atom stereocenters. The average molecular weight is 314 g/mol. The molecule has 0 aliphatic rings. The maximum atomic E-state index is 4.33. The second-order valence-corrected chi connectivity index (χ2v) is 5.66. The van der Waals surface area contributed by atoms with Gasteiger partial charge < -0.3 is 4.57 Å². The fraction of sp³-hybridized carbons (Fsp3) is 0.136. The maximum absolute atomic E-state index is 4.33. The van der Waals surface area contributed by atoms with Crippen LogP contribution in [0.4, 0.5) is 0 Å². The molecule has 0 amide bonds. The third kappa shape index (κ3) is 2.61. The molecule has 0 fully saturated rings. The molecule has 0 saturated heterocycles. The summed E-state index contributed by atoms with van der Waals surface area (Å²) in [6.07, 6.45) is 12.2. The van der Waals surface area contributed by atoms with E-state index >= 15 is 0 Å². The Bertz CT molecular complexity index is 773. The van der Waals surface area contributed by atoms with Gasteiger partial charge in [-0.3, -0.25) is 0 Å². The van der Waals surface area contributed by atoms with E-state index in [0.29, 0.717) is 0 Å². The van der Waals surface area contributed by atoms with Gasteiger partial charge in [-0.15, -0.1) is 0 Å². The first-order valence-electron chi connectivity index (χ1n) is 8.23. The van der Waals surface area contributed by atoms with Crippen LogP contribution >= 0.6 is 0 Å². The Morgan fingerprint density at radius 3 is 1.92 bits per heavy atom. The van der Waals surface area contributed by atoms with Gasteiger partial charge in [-0.1, -0.05) is 78.9 Å². The Morgan fingerprint density at radius 1 is 0.917 bits per heavy atom. The zero-order valence-electron chi connectivity index (χ0n) is 14.1. The van der Waals surface area contributed by atoms with Crippen molar-refractivity contribution in [2.75, 3.05) is 0 Å². The summed E-state index contributed by atoms with van der Waals surface area (Å²) in [7, 11) is 0. The van der Waals surface area contributed by atoms with Crippen molar-refractivity contribution in [3.05, 3.63) is 114 Å². The van der Waals surface area contributed by atoms with E-state index in [1.165, 1.54) is 16.7 Å². The van der Waals surface area contributed by atoms with Crippen LogP contribution in [0.1, 0.15) is 25.0 Å². The van der Waals surface area contributed by atoms with Crippen molar-refractivity contribution in [2.45, 2.75) is 19.4 Å². The van der Waals surface area contributed by atoms with E-state index in [9.17, 15) is 0 Å². The normalized spacial score (nSPS) is 12.7. The number of nitrogens with zero attached hydrogens (tertiary/aromatic N) is 2. The SMILES string of the molecule is C/C=C\C(=C/C)C(c1ccccc1)(c1ccccc1)n1ccnc1. The summed E-state index contributed by atoms with van der Waals surface area (Å²) in [6, 6.07) is 21.2. The van der Waals surface area contributed by atoms with Crippen LogP contribution in [0.15, 0.2) is 103 Å². The summed E-state index contributed by atoms with van der Waals surface area (Å²) in [5.74, 6) is 0. The van der Waals surface area contributed by atoms with E-state index in [-0.39, 0.29) is 0 Å². The minimum atomic E-state index is -0.444. The van der Waals surface area contributed by atoms with Gasteiger partial charge in [0.25, 0.3) is 0 Å². The molecule has 2 aromatic carbocycles. The Hall–Kier alpha value is -2.87. The molecule has 120 valence electrons. The topological polar surface area (TPSA) is 17.8 Å². The van der Waals surface area contributed by atoms with E-state index in [0.717, 1.165) is 0 Å². The van der Waals surface area contributed by atoms with Gasteiger partial charge in [0.2, 0.25) is 0 Å². The number of rotatable bonds is 5. The van der Waals surface area contributed by atoms with Gasteiger partial charge in [-0.25, -0.2) is 4.98 Å². The largest absolute Gasteiger partial charge is 0.319 e. The second-order valence-electron chi connectivity index (χ2n) is 5.66. The highest BCUT2D eigenvalue weighted by Gasteiger charge is 2.38. The zero-order valence-corrected chi connectivity index (χ0v) is 14.1. The molecule has 2 heteroatoms. The molecule has 1 aromatic heterocycles. The van der Waals surface area contributed by atoms with Crippen molar-refractivity contribution in [3.63, 3.8) is 0 Å². The van der Waals surface area contributed by atoms with Gasteiger partial charge in [-0.2, -0.15) is 0 Å². The number of hydrogen-bond acceptors (Lipinski definition) is 1. The summed E-state index contributed by atoms with van der Waals surface area (Å²) in [6.45, 7) is 4.14. The Labute approximate surface area is 143 Å². The summed E-state index contributed by atoms with van der Waals surface area (Å²) in [4.78, 5) is 4.33. The predicted molar refractivity (Wildman–Crippen MR) is 99.9 cm³/mol. The van der Waals surface area contributed by atoms with Crippen molar-refractivity contribution < 1.29 is 0 Å². The third-order valence-electron chi connectivity index (χ3n) is 4.35. The molecule has 0 atom stereocenters. The van der Waals surface area contributed by atoms with E-state index in [4.69, 9.17) is 0 Å². The van der Waals surface area contributed by atoms with Crippen LogP contribution in [0.5, 0.6) is 0 Å². The van der Waals surface area contributed by atoms with Gasteiger partial charge in [0, 0.05) is 12.4 Å². The molecule has 0 aliphatic carbocycles. The summed E-state index contributed by atoms with van der Waals surface area (Å²) in [5, 5.41) is 0. The van der Waals surface area contributed by atoms with Crippen LogP contribution in [0.25, 0.3) is 0 Å². The molecule has 0 saturated carbocycles. The van der Waals surface area contributed by atoms with Gasteiger partial charge in [0.1, 0.15) is 5.54 Å². The monoisotopic (exact) mass is 314 g/mol. The fourth-order valence-corrected chi connectivity index (χ4v) is 3.37. The molecule has 0 radical (unpaired) electrons. The standard InChI is InChI=1S/C22H22N2/c1-3-11-19(4-2)22(24-17-16-23-18-24,20-12-7-5-8-13-20)21-14-9-6-10-15-21/h3-18H,1-2H3/b11-3-,19-4+. The zero-order chi connectivity index (χ0) is 16.8. The lowest BCUT2D eigenvalue weighted by Gasteiger charge is -2.38. The highest BCUT2D eigenvalue weighted by atomic mass is 15.1. The fourth-order valence-electron chi connectivity index (χ4n) is 3.37. The smallest absolute Gasteiger partial charge is 0.121 e. The molecular weight excluding hydrogens is 292 g/mol. The van der Waals surface area contributed by atoms with Crippen LogP contribution in [0.2, 0.25) is 0 Å². The highest BCUT2D eigenvalue weighted by Crippen LogP contribution is 2.41. The first-order chi connectivity index (χ1) is 11.8. The quantitative estimate of drug-likeness (QED) is 0.592. The molecule has 0 bridgehead atoms. The van der Waals surface area contributed by atoms with E-state index in [1.54, 1.807) is 0 Å². The van der Waals surface area contributed by atoms with Crippen LogP contribution in [0, 0.1) is 0 Å². The minimum Gasteiger partial charge on any atom is -0.319 e. The van der Waals surface area contributed by atoms with Gasteiger partial charge in [0.15, 0.2) is 0 Å². The van der Waals surface area contributed by atoms with Crippen molar-refractivity contribution >= 4 is 0 Å². The highest BCUT2D eigenvalue weighted by molar-refractivity contribution is 5.52. The lowest BCUT2D eigenvalue weighted by atomic mass is 9.76. The molecule has 0 aliphatic heterocycles. The molecule has 1 heterocycles. The van der Waals surface area contributed by atoms with Crippen molar-refractivity contribution in [1.82, 2.24) is 9.55 Å². The second kappa shape index (κ2) is 7.14. The summed E-state index contributed by atoms with van der Waals surface area (Å²) >= 11 is 0. The van der Waals surface area contributed by atoms with Crippen molar-refractivity contribution in [3.8, 4) is 0 Å². The first kappa shape index (κ1) is 16.0. The van der Waals surface area contributed by atoms with Crippen LogP contribution in [-0.4, -0.2) is 9.55 Å². The number of benzene rings is 2. The molecule has 24 heavy (non-hydrogen) atoms. The molecular formula is C22H22N2. The first-order valence-corrected chi connectivity index (χ1v) is 8.23. The molecule has 2 nitrogen and oxygen atoms in total. The molecule has 3 rings (SSSR count). The molecule has 3 aromatic rings. The Balaban J connectivity index is 2.42. The number of aromatic nitrogens is 2.